The molecule has 0 bridgehead atoms. The molecule has 0 aromatic heterocycles. The van der Waals surface area contributed by atoms with E-state index in [-0.39, 0.29) is 18.5 Å². The molecule has 26 heavy (non-hydrogen) atoms. The fraction of sp³-hybridized carbons (Fsp3) is 0.300. The van der Waals surface area contributed by atoms with Crippen molar-refractivity contribution in [2.24, 2.45) is 0 Å². The molecule has 0 unspecified atom stereocenters. The van der Waals surface area contributed by atoms with Crippen molar-refractivity contribution in [2.75, 3.05) is 25.5 Å². The van der Waals surface area contributed by atoms with Crippen LogP contribution in [0.25, 0.3) is 0 Å². The lowest BCUT2D eigenvalue weighted by molar-refractivity contribution is -0.115. The lowest BCUT2D eigenvalue weighted by Crippen LogP contribution is -2.40. The molecule has 0 saturated carbocycles. The summed E-state index contributed by atoms with van der Waals surface area (Å²) in [4.78, 5) is 25.7. The van der Waals surface area contributed by atoms with Crippen molar-refractivity contribution in [3.8, 4) is 5.75 Å². The third-order valence-electron chi connectivity index (χ3n) is 3.86. The van der Waals surface area contributed by atoms with E-state index in [0.29, 0.717) is 18.8 Å². The Hall–Kier alpha value is -3.02. The second kappa shape index (κ2) is 9.46. The minimum atomic E-state index is -0.296. The number of nitrogens with zero attached hydrogens (tertiary/aromatic N) is 1. The number of amides is 3. The van der Waals surface area contributed by atoms with Crippen molar-refractivity contribution in [2.45, 2.75) is 20.4 Å². The normalized spacial score (nSPS) is 10.1. The summed E-state index contributed by atoms with van der Waals surface area (Å²) in [7, 11) is 1.70. The first-order valence-corrected chi connectivity index (χ1v) is 8.55. The second-order valence-corrected chi connectivity index (χ2v) is 5.95. The molecule has 0 fully saturated rings. The highest BCUT2D eigenvalue weighted by Gasteiger charge is 2.11. The Labute approximate surface area is 154 Å². The highest BCUT2D eigenvalue weighted by atomic mass is 16.5. The molecule has 2 rings (SSSR count). The first kappa shape index (κ1) is 19.3. The van der Waals surface area contributed by atoms with Gasteiger partial charge in [0, 0.05) is 19.3 Å². The third-order valence-corrected chi connectivity index (χ3v) is 3.86. The van der Waals surface area contributed by atoms with Gasteiger partial charge in [-0.15, -0.1) is 0 Å². The van der Waals surface area contributed by atoms with Crippen LogP contribution in [0.1, 0.15) is 18.1 Å². The molecule has 0 heterocycles. The van der Waals surface area contributed by atoms with Crippen molar-refractivity contribution in [3.05, 3.63) is 59.7 Å². The molecule has 0 spiro atoms. The quantitative estimate of drug-likeness (QED) is 0.801. The van der Waals surface area contributed by atoms with Crippen LogP contribution in [0.15, 0.2) is 48.5 Å². The Morgan fingerprint density at radius 1 is 1.08 bits per heavy atom. The molecule has 3 amide bonds. The van der Waals surface area contributed by atoms with Gasteiger partial charge in [0.1, 0.15) is 5.75 Å². The lowest BCUT2D eigenvalue weighted by Gasteiger charge is -2.19. The van der Waals surface area contributed by atoms with Crippen molar-refractivity contribution in [3.63, 3.8) is 0 Å². The average molecular weight is 355 g/mol. The van der Waals surface area contributed by atoms with Crippen LogP contribution in [0.3, 0.4) is 0 Å². The predicted octanol–water partition coefficient (Wildman–Crippen LogP) is 3.17. The van der Waals surface area contributed by atoms with Gasteiger partial charge in [-0.25, -0.2) is 4.79 Å². The van der Waals surface area contributed by atoms with Crippen LogP contribution in [-0.4, -0.2) is 37.0 Å². The van der Waals surface area contributed by atoms with Crippen molar-refractivity contribution in [1.82, 2.24) is 10.2 Å². The van der Waals surface area contributed by atoms with Crippen LogP contribution >= 0.6 is 0 Å². The maximum absolute atomic E-state index is 12.2. The highest BCUT2D eigenvalue weighted by molar-refractivity contribution is 5.94. The Balaban J connectivity index is 1.78. The number of hydrogen-bond acceptors (Lipinski definition) is 3. The number of rotatable bonds is 7. The van der Waals surface area contributed by atoms with Gasteiger partial charge in [-0.3, -0.25) is 4.79 Å². The number of aryl methyl sites for hydroxylation is 1. The molecule has 138 valence electrons. The second-order valence-electron chi connectivity index (χ2n) is 5.95. The standard InChI is InChI=1S/C20H25N3O3/c1-4-26-18-11-9-17(10-12-18)22-19(24)13-21-20(25)23(3)14-16-8-6-5-7-15(16)2/h5-12H,4,13-14H2,1-3H3,(H,21,25)(H,22,24). The maximum atomic E-state index is 12.2. The molecular formula is C20H25N3O3. The summed E-state index contributed by atoms with van der Waals surface area (Å²) in [6, 6.07) is 14.7. The van der Waals surface area contributed by atoms with Gasteiger partial charge in [0.25, 0.3) is 0 Å². The Morgan fingerprint density at radius 3 is 2.42 bits per heavy atom. The first-order valence-electron chi connectivity index (χ1n) is 8.55. The predicted molar refractivity (Wildman–Crippen MR) is 102 cm³/mol. The highest BCUT2D eigenvalue weighted by Crippen LogP contribution is 2.15. The number of carbonyl (C=O) groups is 2. The number of benzene rings is 2. The van der Waals surface area contributed by atoms with Gasteiger partial charge >= 0.3 is 6.03 Å². The summed E-state index contributed by atoms with van der Waals surface area (Å²) in [6.45, 7) is 4.90. The van der Waals surface area contributed by atoms with E-state index in [0.717, 1.165) is 16.9 Å². The molecule has 0 saturated heterocycles. The summed E-state index contributed by atoms with van der Waals surface area (Å²) in [5, 5.41) is 5.36. The van der Waals surface area contributed by atoms with Gasteiger partial charge in [-0.2, -0.15) is 0 Å². The Kier molecular flexibility index (Phi) is 7.02. The summed E-state index contributed by atoms with van der Waals surface area (Å²) in [5.74, 6) is 0.462. The van der Waals surface area contributed by atoms with E-state index in [1.807, 2.05) is 38.1 Å². The van der Waals surface area contributed by atoms with E-state index >= 15 is 0 Å². The number of carbonyl (C=O) groups excluding carboxylic acids is 2. The largest absolute Gasteiger partial charge is 0.494 e. The molecule has 6 nitrogen and oxygen atoms in total. The lowest BCUT2D eigenvalue weighted by atomic mass is 10.1. The van der Waals surface area contributed by atoms with Gasteiger partial charge in [-0.1, -0.05) is 24.3 Å². The van der Waals surface area contributed by atoms with Crippen LogP contribution in [0.2, 0.25) is 0 Å². The summed E-state index contributed by atoms with van der Waals surface area (Å²) in [5.41, 5.74) is 2.85. The molecule has 0 aliphatic rings. The molecule has 2 aromatic carbocycles. The van der Waals surface area contributed by atoms with Crippen LogP contribution in [0.5, 0.6) is 5.75 Å². The van der Waals surface area contributed by atoms with E-state index in [1.54, 1.807) is 36.2 Å². The van der Waals surface area contributed by atoms with E-state index in [4.69, 9.17) is 4.74 Å². The minimum Gasteiger partial charge on any atom is -0.494 e. The minimum absolute atomic E-state index is 0.0931. The van der Waals surface area contributed by atoms with Gasteiger partial charge in [0.15, 0.2) is 0 Å². The van der Waals surface area contributed by atoms with Crippen LogP contribution < -0.4 is 15.4 Å². The zero-order chi connectivity index (χ0) is 18.9. The zero-order valence-corrected chi connectivity index (χ0v) is 15.4. The van der Waals surface area contributed by atoms with Crippen molar-refractivity contribution in [1.29, 1.82) is 0 Å². The molecule has 0 aliphatic carbocycles. The van der Waals surface area contributed by atoms with E-state index < -0.39 is 0 Å². The molecule has 0 radical (unpaired) electrons. The Morgan fingerprint density at radius 2 is 1.77 bits per heavy atom. The number of urea groups is 1. The van der Waals surface area contributed by atoms with Gasteiger partial charge in [0.2, 0.25) is 5.91 Å². The maximum Gasteiger partial charge on any atom is 0.317 e. The SMILES string of the molecule is CCOc1ccc(NC(=O)CNC(=O)N(C)Cc2ccccc2C)cc1. The molecular weight excluding hydrogens is 330 g/mol. The van der Waals surface area contributed by atoms with E-state index in [1.165, 1.54) is 0 Å². The fourth-order valence-electron chi connectivity index (χ4n) is 2.41. The molecule has 0 aliphatic heterocycles. The van der Waals surface area contributed by atoms with E-state index in [2.05, 4.69) is 10.6 Å². The number of nitrogens with one attached hydrogen (secondary N) is 2. The smallest absolute Gasteiger partial charge is 0.317 e. The molecule has 2 aromatic rings. The zero-order valence-electron chi connectivity index (χ0n) is 15.4. The molecule has 6 heteroatoms. The topological polar surface area (TPSA) is 70.7 Å². The summed E-state index contributed by atoms with van der Waals surface area (Å²) < 4.78 is 5.35. The van der Waals surface area contributed by atoms with E-state index in [9.17, 15) is 9.59 Å². The third kappa shape index (κ3) is 5.81. The van der Waals surface area contributed by atoms with Crippen LogP contribution in [-0.2, 0) is 11.3 Å². The monoisotopic (exact) mass is 355 g/mol. The number of hydrogen-bond donors (Lipinski definition) is 2. The van der Waals surface area contributed by atoms with Crippen molar-refractivity contribution < 1.29 is 14.3 Å². The number of ether oxygens (including phenoxy) is 1. The molecule has 0 atom stereocenters. The van der Waals surface area contributed by atoms with Crippen LogP contribution in [0.4, 0.5) is 10.5 Å². The Bertz CT molecular complexity index is 744. The van der Waals surface area contributed by atoms with Crippen LogP contribution in [0, 0.1) is 6.92 Å². The fourth-order valence-corrected chi connectivity index (χ4v) is 2.41. The molecule has 2 N–H and O–H groups in total. The average Bonchev–Trinajstić information content (AvgIpc) is 2.63. The number of anilines is 1. The van der Waals surface area contributed by atoms with Crippen molar-refractivity contribution >= 4 is 17.6 Å². The van der Waals surface area contributed by atoms with Gasteiger partial charge in [0.05, 0.1) is 13.2 Å². The summed E-state index contributed by atoms with van der Waals surface area (Å²) >= 11 is 0. The van der Waals surface area contributed by atoms with Gasteiger partial charge in [-0.05, 0) is 49.2 Å². The summed E-state index contributed by atoms with van der Waals surface area (Å²) in [6.07, 6.45) is 0. The first-order chi connectivity index (χ1) is 12.5. The van der Waals surface area contributed by atoms with Gasteiger partial charge < -0.3 is 20.3 Å².